The maximum absolute atomic E-state index is 5.76. The molecule has 0 aromatic heterocycles. The zero-order valence-electron chi connectivity index (χ0n) is 10.8. The Balaban J connectivity index is 4.09. The van der Waals surface area contributed by atoms with Crippen molar-refractivity contribution in [2.45, 2.75) is 32.4 Å². The molecule has 0 bridgehead atoms. The first kappa shape index (κ1) is 16.0. The molecular weight excluding hydrogens is 226 g/mol. The molecule has 0 saturated heterocycles. The smallest absolute Gasteiger partial charge is 0.377 e. The Morgan fingerprint density at radius 1 is 1.25 bits per heavy atom. The maximum Gasteiger partial charge on any atom is 0.500 e. The molecule has 0 aliphatic rings. The highest BCUT2D eigenvalue weighted by Crippen LogP contribution is 2.16. The molecule has 1 unspecified atom stereocenters. The van der Waals surface area contributed by atoms with Crippen LogP contribution in [0.1, 0.15) is 20.3 Å². The van der Waals surface area contributed by atoms with E-state index in [2.05, 4.69) is 0 Å². The molecule has 98 valence electrons. The number of hydrogen-bond acceptors (Lipinski definition) is 5. The fourth-order valence-corrected chi connectivity index (χ4v) is 3.45. The first-order chi connectivity index (χ1) is 7.64. The number of ether oxygens (including phenoxy) is 1. The third-order valence-corrected chi connectivity index (χ3v) is 5.11. The van der Waals surface area contributed by atoms with Crippen LogP contribution in [0.5, 0.6) is 0 Å². The summed E-state index contributed by atoms with van der Waals surface area (Å²) in [7, 11) is 0.729. The predicted molar refractivity (Wildman–Crippen MR) is 65.3 cm³/mol. The first-order valence-electron chi connectivity index (χ1n) is 5.70. The van der Waals surface area contributed by atoms with Crippen molar-refractivity contribution in [1.29, 1.82) is 0 Å². The molecule has 0 saturated carbocycles. The van der Waals surface area contributed by atoms with E-state index in [4.69, 9.17) is 23.7 Å². The zero-order valence-corrected chi connectivity index (χ0v) is 11.8. The number of nitrogens with two attached hydrogens (primary N) is 1. The largest absolute Gasteiger partial charge is 0.500 e. The van der Waals surface area contributed by atoms with Gasteiger partial charge in [-0.25, -0.2) is 0 Å². The van der Waals surface area contributed by atoms with Gasteiger partial charge < -0.3 is 23.7 Å². The highest BCUT2D eigenvalue weighted by atomic mass is 28.4. The molecule has 5 nitrogen and oxygen atoms in total. The van der Waals surface area contributed by atoms with E-state index in [1.807, 2.05) is 13.8 Å². The van der Waals surface area contributed by atoms with Crippen LogP contribution in [0.2, 0.25) is 6.04 Å². The fraction of sp³-hybridized carbons (Fsp3) is 1.00. The Morgan fingerprint density at radius 3 is 2.31 bits per heavy atom. The van der Waals surface area contributed by atoms with Gasteiger partial charge in [0, 0.05) is 26.9 Å². The van der Waals surface area contributed by atoms with Crippen molar-refractivity contribution >= 4 is 8.80 Å². The van der Waals surface area contributed by atoms with Crippen molar-refractivity contribution in [1.82, 2.24) is 0 Å². The van der Waals surface area contributed by atoms with Crippen molar-refractivity contribution in [3.8, 4) is 0 Å². The van der Waals surface area contributed by atoms with Crippen molar-refractivity contribution < 1.29 is 18.0 Å². The van der Waals surface area contributed by atoms with Gasteiger partial charge in [0.1, 0.15) is 0 Å². The number of hydrogen-bond donors (Lipinski definition) is 1. The Hall–Kier alpha value is 0.0169. The predicted octanol–water partition coefficient (Wildman–Crippen LogP) is 1.01. The second kappa shape index (κ2) is 9.09. The molecule has 0 fully saturated rings. The van der Waals surface area contributed by atoms with Crippen LogP contribution in [0.3, 0.4) is 0 Å². The Morgan fingerprint density at radius 2 is 1.88 bits per heavy atom. The van der Waals surface area contributed by atoms with Crippen LogP contribution in [0, 0.1) is 0 Å². The summed E-state index contributed by atoms with van der Waals surface area (Å²) in [5.74, 6) is 0. The molecule has 0 spiro atoms. The van der Waals surface area contributed by atoms with Crippen LogP contribution >= 0.6 is 0 Å². The Labute approximate surface area is 99.6 Å². The SMILES string of the molecule is CCOC(C)CO[Si](CCCN)(OC)OC. The van der Waals surface area contributed by atoms with Gasteiger partial charge in [0.25, 0.3) is 0 Å². The van der Waals surface area contributed by atoms with Crippen LogP contribution in [-0.2, 0) is 18.0 Å². The standard InChI is InChI=1S/C10H25NO4Si/c1-5-14-10(2)9-15-16(12-3,13-4)8-6-7-11/h10H,5-9,11H2,1-4H3. The summed E-state index contributed by atoms with van der Waals surface area (Å²) >= 11 is 0. The molecule has 0 radical (unpaired) electrons. The normalized spacial score (nSPS) is 14.1. The van der Waals surface area contributed by atoms with Gasteiger partial charge >= 0.3 is 8.80 Å². The van der Waals surface area contributed by atoms with E-state index in [-0.39, 0.29) is 6.10 Å². The van der Waals surface area contributed by atoms with Crippen molar-refractivity contribution in [3.63, 3.8) is 0 Å². The minimum Gasteiger partial charge on any atom is -0.377 e. The second-order valence-electron chi connectivity index (χ2n) is 3.56. The fourth-order valence-electron chi connectivity index (χ4n) is 1.37. The Bertz CT molecular complexity index is 167. The lowest BCUT2D eigenvalue weighted by atomic mass is 10.4. The molecule has 0 aromatic rings. The molecule has 2 N–H and O–H groups in total. The second-order valence-corrected chi connectivity index (χ2v) is 6.53. The minimum absolute atomic E-state index is 0.0556. The summed E-state index contributed by atoms with van der Waals surface area (Å²) in [5, 5.41) is 0. The van der Waals surface area contributed by atoms with Gasteiger partial charge in [-0.2, -0.15) is 0 Å². The summed E-state index contributed by atoms with van der Waals surface area (Å²) in [6.07, 6.45) is 0.900. The summed E-state index contributed by atoms with van der Waals surface area (Å²) in [5.41, 5.74) is 5.48. The number of rotatable bonds is 10. The van der Waals surface area contributed by atoms with E-state index in [9.17, 15) is 0 Å². The topological polar surface area (TPSA) is 62.9 Å². The van der Waals surface area contributed by atoms with Crippen molar-refractivity contribution in [3.05, 3.63) is 0 Å². The van der Waals surface area contributed by atoms with E-state index in [1.54, 1.807) is 14.2 Å². The minimum atomic E-state index is -2.52. The van der Waals surface area contributed by atoms with Gasteiger partial charge in [0.2, 0.25) is 0 Å². The van der Waals surface area contributed by atoms with Crippen LogP contribution in [0.4, 0.5) is 0 Å². The molecule has 0 aliphatic carbocycles. The zero-order chi connectivity index (χ0) is 12.4. The summed E-state index contributed by atoms with van der Waals surface area (Å²) in [4.78, 5) is 0. The van der Waals surface area contributed by atoms with E-state index < -0.39 is 8.80 Å². The maximum atomic E-state index is 5.76. The summed E-state index contributed by atoms with van der Waals surface area (Å²) in [6.45, 7) is 5.72. The van der Waals surface area contributed by atoms with E-state index in [0.717, 1.165) is 12.5 Å². The van der Waals surface area contributed by atoms with Crippen LogP contribution < -0.4 is 5.73 Å². The molecular formula is C10H25NO4Si. The molecule has 16 heavy (non-hydrogen) atoms. The van der Waals surface area contributed by atoms with E-state index in [0.29, 0.717) is 19.8 Å². The molecule has 0 rings (SSSR count). The molecule has 0 aliphatic heterocycles. The lowest BCUT2D eigenvalue weighted by Crippen LogP contribution is -2.45. The molecule has 1 atom stereocenters. The first-order valence-corrected chi connectivity index (χ1v) is 7.63. The van der Waals surface area contributed by atoms with Crippen LogP contribution in [-0.4, -0.2) is 48.9 Å². The van der Waals surface area contributed by atoms with Gasteiger partial charge in [-0.3, -0.25) is 0 Å². The lowest BCUT2D eigenvalue weighted by Gasteiger charge is -2.27. The van der Waals surface area contributed by atoms with Gasteiger partial charge in [-0.1, -0.05) is 0 Å². The monoisotopic (exact) mass is 251 g/mol. The van der Waals surface area contributed by atoms with E-state index >= 15 is 0 Å². The molecule has 0 aromatic carbocycles. The third-order valence-electron chi connectivity index (χ3n) is 2.30. The van der Waals surface area contributed by atoms with Crippen LogP contribution in [0.25, 0.3) is 0 Å². The summed E-state index contributed by atoms with van der Waals surface area (Å²) < 4.78 is 22.0. The highest BCUT2D eigenvalue weighted by Gasteiger charge is 2.38. The average molecular weight is 251 g/mol. The van der Waals surface area contributed by atoms with Gasteiger partial charge in [-0.15, -0.1) is 0 Å². The summed E-state index contributed by atoms with van der Waals surface area (Å²) in [6, 6.07) is 0.745. The highest BCUT2D eigenvalue weighted by molar-refractivity contribution is 6.60. The van der Waals surface area contributed by atoms with E-state index in [1.165, 1.54) is 0 Å². The van der Waals surface area contributed by atoms with Gasteiger partial charge in [0.15, 0.2) is 0 Å². The molecule has 0 heterocycles. The van der Waals surface area contributed by atoms with Crippen molar-refractivity contribution in [2.24, 2.45) is 5.73 Å². The molecule has 6 heteroatoms. The average Bonchev–Trinajstić information content (AvgIpc) is 2.31. The van der Waals surface area contributed by atoms with Crippen LogP contribution in [0.15, 0.2) is 0 Å². The van der Waals surface area contributed by atoms with Gasteiger partial charge in [-0.05, 0) is 26.8 Å². The molecule has 0 amide bonds. The van der Waals surface area contributed by atoms with Gasteiger partial charge in [0.05, 0.1) is 12.7 Å². The lowest BCUT2D eigenvalue weighted by molar-refractivity contribution is 0.00779. The third kappa shape index (κ3) is 5.93. The van der Waals surface area contributed by atoms with Crippen molar-refractivity contribution in [2.75, 3.05) is 34.0 Å². The Kier molecular flexibility index (Phi) is 9.10. The quantitative estimate of drug-likeness (QED) is 0.587.